The first-order valence-electron chi connectivity index (χ1n) is 3.89. The molecule has 16 heavy (non-hydrogen) atoms. The lowest BCUT2D eigenvalue weighted by Gasteiger charge is -2.06. The second-order valence-corrected chi connectivity index (χ2v) is 5.13. The monoisotopic (exact) mass is 284 g/mol. The highest BCUT2D eigenvalue weighted by molar-refractivity contribution is 7.85. The largest absolute Gasteiger partial charge is 0.481 e. The van der Waals surface area contributed by atoms with Crippen molar-refractivity contribution < 1.29 is 22.9 Å². The average molecular weight is 285 g/mol. The number of aliphatic carboxylic acids is 1. The van der Waals surface area contributed by atoms with Gasteiger partial charge in [-0.3, -0.25) is 9.35 Å². The van der Waals surface area contributed by atoms with Gasteiger partial charge in [0.1, 0.15) is 0 Å². The maximum Gasteiger partial charge on any atom is 0.307 e. The molecule has 1 rings (SSSR count). The fourth-order valence-corrected chi connectivity index (χ4v) is 2.10. The summed E-state index contributed by atoms with van der Waals surface area (Å²) in [5.41, 5.74) is 0.0225. The summed E-state index contributed by atoms with van der Waals surface area (Å²) in [5.74, 6) is -1.19. The number of halogens is 2. The normalized spacial score (nSPS) is 11.4. The van der Waals surface area contributed by atoms with Crippen molar-refractivity contribution in [2.24, 2.45) is 0 Å². The third kappa shape index (κ3) is 3.08. The molecule has 0 spiro atoms. The summed E-state index contributed by atoms with van der Waals surface area (Å²) in [7, 11) is -4.44. The van der Waals surface area contributed by atoms with E-state index in [0.717, 1.165) is 12.1 Å². The molecule has 0 saturated heterocycles. The van der Waals surface area contributed by atoms with Crippen molar-refractivity contribution in [3.63, 3.8) is 0 Å². The fraction of sp³-hybridized carbons (Fsp3) is 0.125. The topological polar surface area (TPSA) is 91.7 Å². The van der Waals surface area contributed by atoms with E-state index in [0.29, 0.717) is 0 Å². The Hall–Kier alpha value is -0.820. The Morgan fingerprint density at radius 2 is 1.88 bits per heavy atom. The number of hydrogen-bond donors (Lipinski definition) is 2. The lowest BCUT2D eigenvalue weighted by molar-refractivity contribution is -0.136. The predicted molar refractivity (Wildman–Crippen MR) is 57.6 cm³/mol. The molecule has 8 heteroatoms. The second kappa shape index (κ2) is 4.58. The van der Waals surface area contributed by atoms with E-state index >= 15 is 0 Å². The lowest BCUT2D eigenvalue weighted by atomic mass is 10.1. The van der Waals surface area contributed by atoms with Crippen LogP contribution in [0.15, 0.2) is 17.0 Å². The van der Waals surface area contributed by atoms with Crippen LogP contribution in [-0.4, -0.2) is 24.0 Å². The lowest BCUT2D eigenvalue weighted by Crippen LogP contribution is -2.04. The number of carboxylic acid groups (broad SMARTS) is 1. The third-order valence-corrected chi connectivity index (χ3v) is 3.39. The van der Waals surface area contributed by atoms with Gasteiger partial charge in [0.15, 0.2) is 0 Å². The minimum Gasteiger partial charge on any atom is -0.481 e. The number of rotatable bonds is 3. The molecule has 0 saturated carbocycles. The number of hydrogen-bond acceptors (Lipinski definition) is 3. The summed E-state index contributed by atoms with van der Waals surface area (Å²) in [5, 5.41) is 8.39. The van der Waals surface area contributed by atoms with Crippen molar-refractivity contribution in [2.75, 3.05) is 0 Å². The maximum atomic E-state index is 10.8. The van der Waals surface area contributed by atoms with Gasteiger partial charge < -0.3 is 5.11 Å². The molecule has 0 aromatic heterocycles. The average Bonchev–Trinajstić information content (AvgIpc) is 2.10. The van der Waals surface area contributed by atoms with Crippen molar-refractivity contribution in [2.45, 2.75) is 11.3 Å². The summed E-state index contributed by atoms with van der Waals surface area (Å²) in [6.45, 7) is 0. The zero-order valence-corrected chi connectivity index (χ0v) is 9.97. The Morgan fingerprint density at radius 1 is 1.31 bits per heavy atom. The van der Waals surface area contributed by atoms with E-state index in [1.54, 1.807) is 0 Å². The molecule has 0 radical (unpaired) electrons. The molecule has 0 amide bonds. The maximum absolute atomic E-state index is 10.8. The molecule has 1 aromatic carbocycles. The predicted octanol–water partition coefficient (Wildman–Crippen LogP) is 1.87. The van der Waals surface area contributed by atoms with Crippen molar-refractivity contribution in [3.8, 4) is 0 Å². The van der Waals surface area contributed by atoms with Crippen LogP contribution >= 0.6 is 23.2 Å². The molecule has 0 aliphatic carbocycles. The third-order valence-electron chi connectivity index (χ3n) is 1.72. The smallest absolute Gasteiger partial charge is 0.307 e. The van der Waals surface area contributed by atoms with Gasteiger partial charge in [0.05, 0.1) is 21.4 Å². The molecule has 0 fully saturated rings. The van der Waals surface area contributed by atoms with Gasteiger partial charge in [0.25, 0.3) is 10.1 Å². The Bertz CT molecular complexity index is 538. The van der Waals surface area contributed by atoms with E-state index in [1.165, 1.54) is 0 Å². The van der Waals surface area contributed by atoms with Crippen LogP contribution in [0.5, 0.6) is 0 Å². The van der Waals surface area contributed by atoms with Crippen LogP contribution in [0, 0.1) is 0 Å². The van der Waals surface area contributed by atoms with Gasteiger partial charge in [-0.1, -0.05) is 23.2 Å². The van der Waals surface area contributed by atoms with E-state index in [2.05, 4.69) is 0 Å². The van der Waals surface area contributed by atoms with E-state index in [1.807, 2.05) is 0 Å². The Morgan fingerprint density at radius 3 is 2.31 bits per heavy atom. The van der Waals surface area contributed by atoms with E-state index in [-0.39, 0.29) is 15.6 Å². The van der Waals surface area contributed by atoms with Crippen LogP contribution in [-0.2, 0) is 21.3 Å². The molecule has 2 N–H and O–H groups in total. The molecule has 88 valence electrons. The molecular formula is C8H6Cl2O5S. The van der Waals surface area contributed by atoms with Gasteiger partial charge in [-0.05, 0) is 17.7 Å². The Kier molecular flexibility index (Phi) is 3.80. The van der Waals surface area contributed by atoms with Crippen molar-refractivity contribution >= 4 is 39.3 Å². The van der Waals surface area contributed by atoms with Crippen molar-refractivity contribution in [1.82, 2.24) is 0 Å². The van der Waals surface area contributed by atoms with Crippen molar-refractivity contribution in [3.05, 3.63) is 27.7 Å². The highest BCUT2D eigenvalue weighted by Crippen LogP contribution is 2.29. The minimum absolute atomic E-state index is 0.0225. The van der Waals surface area contributed by atoms with E-state index < -0.39 is 27.4 Å². The minimum atomic E-state index is -4.44. The molecule has 0 atom stereocenters. The molecule has 0 aliphatic rings. The number of carboxylic acids is 1. The standard InChI is InChI=1S/C8H6Cl2O5S/c9-6-3-5(16(13,14)15)1-4(8(6)10)2-7(11)12/h1,3H,2H2,(H,11,12)(H,13,14,15). The quantitative estimate of drug-likeness (QED) is 0.827. The van der Waals surface area contributed by atoms with Gasteiger partial charge in [-0.25, -0.2) is 0 Å². The summed E-state index contributed by atoms with van der Waals surface area (Å²) in [4.78, 5) is 9.99. The zero-order valence-electron chi connectivity index (χ0n) is 7.65. The van der Waals surface area contributed by atoms with Gasteiger partial charge in [-0.2, -0.15) is 8.42 Å². The van der Waals surface area contributed by atoms with E-state index in [9.17, 15) is 13.2 Å². The Labute approximate surface area is 101 Å². The zero-order chi connectivity index (χ0) is 12.5. The van der Waals surface area contributed by atoms with Crippen molar-refractivity contribution in [1.29, 1.82) is 0 Å². The molecule has 5 nitrogen and oxygen atoms in total. The highest BCUT2D eigenvalue weighted by atomic mass is 35.5. The first kappa shape index (κ1) is 13.2. The van der Waals surface area contributed by atoms with Crippen LogP contribution in [0.3, 0.4) is 0 Å². The fourth-order valence-electron chi connectivity index (χ4n) is 1.06. The van der Waals surface area contributed by atoms with Gasteiger partial charge in [-0.15, -0.1) is 0 Å². The summed E-state index contributed by atoms with van der Waals surface area (Å²) in [6, 6.07) is 1.92. The number of carbonyl (C=O) groups is 1. The summed E-state index contributed by atoms with van der Waals surface area (Å²) < 4.78 is 30.5. The van der Waals surface area contributed by atoms with Gasteiger partial charge in [0, 0.05) is 0 Å². The molecule has 0 bridgehead atoms. The van der Waals surface area contributed by atoms with Crippen LogP contribution in [0.1, 0.15) is 5.56 Å². The van der Waals surface area contributed by atoms with Crippen LogP contribution in [0.4, 0.5) is 0 Å². The van der Waals surface area contributed by atoms with E-state index in [4.69, 9.17) is 32.9 Å². The van der Waals surface area contributed by atoms with Crippen LogP contribution < -0.4 is 0 Å². The Balaban J connectivity index is 3.39. The molecule has 0 heterocycles. The SMILES string of the molecule is O=C(O)Cc1cc(S(=O)(=O)O)cc(Cl)c1Cl. The molecule has 0 aliphatic heterocycles. The first-order valence-corrected chi connectivity index (χ1v) is 6.08. The summed E-state index contributed by atoms with van der Waals surface area (Å²) >= 11 is 11.3. The summed E-state index contributed by atoms with van der Waals surface area (Å²) in [6.07, 6.45) is -0.484. The van der Waals surface area contributed by atoms with Gasteiger partial charge in [0.2, 0.25) is 0 Å². The van der Waals surface area contributed by atoms with Crippen LogP contribution in [0.25, 0.3) is 0 Å². The number of benzene rings is 1. The second-order valence-electron chi connectivity index (χ2n) is 2.92. The molecular weight excluding hydrogens is 279 g/mol. The molecule has 0 unspecified atom stereocenters. The highest BCUT2D eigenvalue weighted by Gasteiger charge is 2.17. The first-order chi connectivity index (χ1) is 7.21. The van der Waals surface area contributed by atoms with Gasteiger partial charge >= 0.3 is 5.97 Å². The van der Waals surface area contributed by atoms with Crippen LogP contribution in [0.2, 0.25) is 10.0 Å². The molecule has 1 aromatic rings.